The summed E-state index contributed by atoms with van der Waals surface area (Å²) in [6, 6.07) is 17.1. The Hall–Kier alpha value is -2.49. The number of hydrogen-bond donors (Lipinski definition) is 2. The van der Waals surface area contributed by atoms with Crippen molar-refractivity contribution in [3.8, 4) is 0 Å². The van der Waals surface area contributed by atoms with Crippen LogP contribution in [0.25, 0.3) is 0 Å². The first-order valence-electron chi connectivity index (χ1n) is 5.67. The second kappa shape index (κ2) is 3.77. The van der Waals surface area contributed by atoms with Crippen LogP contribution in [0.15, 0.2) is 64.6 Å². The maximum absolute atomic E-state index is 7.84. The lowest BCUT2D eigenvalue weighted by Crippen LogP contribution is -2.37. The van der Waals surface area contributed by atoms with E-state index >= 15 is 0 Å². The Balaban J connectivity index is 2.30. The molecule has 0 aromatic heterocycles. The highest BCUT2D eigenvalue weighted by Crippen LogP contribution is 2.27. The third-order valence-corrected chi connectivity index (χ3v) is 3.00. The number of nitrogens with two attached hydrogens (primary N) is 1. The third kappa shape index (κ3) is 1.43. The van der Waals surface area contributed by atoms with E-state index in [1.807, 2.05) is 54.6 Å². The summed E-state index contributed by atoms with van der Waals surface area (Å²) < 4.78 is 0. The third-order valence-electron chi connectivity index (χ3n) is 3.00. The zero-order chi connectivity index (χ0) is 12.6. The summed E-state index contributed by atoms with van der Waals surface area (Å²) in [5, 5.41) is 9.39. The summed E-state index contributed by atoms with van der Waals surface area (Å²) >= 11 is 0. The molecule has 0 atom stereocenters. The van der Waals surface area contributed by atoms with Crippen LogP contribution < -0.4 is 16.4 Å². The second-order valence-corrected chi connectivity index (χ2v) is 4.16. The van der Waals surface area contributed by atoms with Crippen molar-refractivity contribution in [1.29, 1.82) is 5.41 Å². The summed E-state index contributed by atoms with van der Waals surface area (Å²) in [5.41, 5.74) is 5.46. The van der Waals surface area contributed by atoms with Crippen LogP contribution in [-0.4, -0.2) is 5.84 Å². The Morgan fingerprint density at radius 1 is 0.889 bits per heavy atom. The predicted molar refractivity (Wildman–Crippen MR) is 68.8 cm³/mol. The molecule has 0 aliphatic carbocycles. The minimum atomic E-state index is -1.09. The first kappa shape index (κ1) is 10.7. The van der Waals surface area contributed by atoms with Crippen LogP contribution in [0.2, 0.25) is 0 Å². The molecule has 0 unspecified atom stereocenters. The maximum Gasteiger partial charge on any atom is 0.233 e. The lowest BCUT2D eigenvalue weighted by atomic mass is 10.00. The first-order valence-corrected chi connectivity index (χ1v) is 5.67. The van der Waals surface area contributed by atoms with Gasteiger partial charge in [0.1, 0.15) is 5.84 Å². The normalized spacial score (nSPS) is 15.3. The van der Waals surface area contributed by atoms with Crippen LogP contribution in [0.3, 0.4) is 0 Å². The summed E-state index contributed by atoms with van der Waals surface area (Å²) in [5.74, 6) is -0.0649. The average Bonchev–Trinajstić information content (AvgIpc) is 2.80. The minimum Gasteiger partial charge on any atom is -0.384 e. The predicted octanol–water partition coefficient (Wildman–Crippen LogP) is 0.728. The Kier molecular flexibility index (Phi) is 2.23. The molecular formula is C14H12N4. The zero-order valence-electron chi connectivity index (χ0n) is 9.67. The molecule has 0 saturated carbocycles. The van der Waals surface area contributed by atoms with E-state index in [1.54, 1.807) is 0 Å². The number of benzene rings is 2. The fraction of sp³-hybridized carbons (Fsp3) is 0.0714. The largest absolute Gasteiger partial charge is 0.384 e. The van der Waals surface area contributed by atoms with Gasteiger partial charge in [-0.05, 0) is 12.1 Å². The van der Waals surface area contributed by atoms with E-state index in [4.69, 9.17) is 11.1 Å². The molecule has 18 heavy (non-hydrogen) atoms. The molecule has 0 bridgehead atoms. The van der Waals surface area contributed by atoms with E-state index in [-0.39, 0.29) is 5.84 Å². The average molecular weight is 236 g/mol. The van der Waals surface area contributed by atoms with E-state index in [0.717, 1.165) is 16.3 Å². The molecule has 0 fully saturated rings. The topological polar surface area (TPSA) is 74.6 Å². The highest BCUT2D eigenvalue weighted by molar-refractivity contribution is 5.88. The van der Waals surface area contributed by atoms with Gasteiger partial charge in [-0.15, -0.1) is 0 Å². The van der Waals surface area contributed by atoms with Gasteiger partial charge in [0.2, 0.25) is 5.66 Å². The fourth-order valence-corrected chi connectivity index (χ4v) is 2.10. The first-order chi connectivity index (χ1) is 8.72. The standard InChI is InChI=1S/C14H12N4/c15-13(16)14(10-6-2-1-3-7-10)17-11-8-4-5-9-12(11)18-14/h1-9H,(H3,15,16). The van der Waals surface area contributed by atoms with Gasteiger partial charge < -0.3 is 5.73 Å². The van der Waals surface area contributed by atoms with Crippen LogP contribution in [0.5, 0.6) is 0 Å². The van der Waals surface area contributed by atoms with Crippen LogP contribution >= 0.6 is 0 Å². The minimum absolute atomic E-state index is 0.0649. The Morgan fingerprint density at radius 3 is 1.89 bits per heavy atom. The summed E-state index contributed by atoms with van der Waals surface area (Å²) in [4.78, 5) is 9.07. The highest BCUT2D eigenvalue weighted by atomic mass is 15.2. The fourth-order valence-electron chi connectivity index (χ4n) is 2.10. The van der Waals surface area contributed by atoms with Crippen LogP contribution in [0.1, 0.15) is 5.56 Å². The van der Waals surface area contributed by atoms with Crippen molar-refractivity contribution < 1.29 is 0 Å². The van der Waals surface area contributed by atoms with Crippen LogP contribution in [0, 0.1) is 5.41 Å². The lowest BCUT2D eigenvalue weighted by molar-refractivity contribution is 0.627. The van der Waals surface area contributed by atoms with Crippen molar-refractivity contribution >= 4 is 5.84 Å². The van der Waals surface area contributed by atoms with Gasteiger partial charge in [0.15, 0.2) is 0 Å². The molecule has 3 rings (SSSR count). The Morgan fingerprint density at radius 2 is 1.39 bits per heavy atom. The Bertz CT molecular complexity index is 684. The second-order valence-electron chi connectivity index (χ2n) is 4.16. The van der Waals surface area contributed by atoms with E-state index in [9.17, 15) is 0 Å². The van der Waals surface area contributed by atoms with Gasteiger partial charge in [-0.2, -0.15) is 0 Å². The lowest BCUT2D eigenvalue weighted by Gasteiger charge is -2.21. The number of para-hydroxylation sites is 2. The summed E-state index contributed by atoms with van der Waals surface area (Å²) in [6.07, 6.45) is 0. The molecule has 2 aromatic rings. The number of rotatable bonds is 2. The van der Waals surface area contributed by atoms with E-state index in [1.165, 1.54) is 0 Å². The molecule has 4 nitrogen and oxygen atoms in total. The smallest absolute Gasteiger partial charge is 0.233 e. The number of fused-ring (bicyclic) bond motifs is 1. The SMILES string of the molecule is N=C(N)C1(c2ccccc2)N=c2ccccc2=N1. The highest BCUT2D eigenvalue weighted by Gasteiger charge is 2.36. The number of hydrogen-bond acceptors (Lipinski definition) is 3. The van der Waals surface area contributed by atoms with E-state index in [0.29, 0.717) is 0 Å². The molecule has 0 radical (unpaired) electrons. The maximum atomic E-state index is 7.84. The van der Waals surface area contributed by atoms with Gasteiger partial charge in [0.25, 0.3) is 0 Å². The van der Waals surface area contributed by atoms with Crippen LogP contribution in [0.4, 0.5) is 0 Å². The summed E-state index contributed by atoms with van der Waals surface area (Å²) in [7, 11) is 0. The molecule has 1 aliphatic rings. The molecule has 2 aromatic carbocycles. The van der Waals surface area contributed by atoms with Crippen molar-refractivity contribution in [3.05, 3.63) is 70.9 Å². The zero-order valence-corrected chi connectivity index (χ0v) is 9.67. The number of amidine groups is 1. The van der Waals surface area contributed by atoms with Crippen molar-refractivity contribution in [2.24, 2.45) is 15.7 Å². The molecular weight excluding hydrogens is 224 g/mol. The van der Waals surface area contributed by atoms with E-state index in [2.05, 4.69) is 9.98 Å². The monoisotopic (exact) mass is 236 g/mol. The quantitative estimate of drug-likeness (QED) is 0.585. The number of nitrogens with zero attached hydrogens (tertiary/aromatic N) is 2. The molecule has 0 amide bonds. The molecule has 0 saturated heterocycles. The van der Waals surface area contributed by atoms with Gasteiger partial charge in [0, 0.05) is 5.56 Å². The molecule has 4 heteroatoms. The Labute approximate surface area is 104 Å². The van der Waals surface area contributed by atoms with Gasteiger partial charge in [-0.25, -0.2) is 9.98 Å². The van der Waals surface area contributed by atoms with Crippen LogP contribution in [-0.2, 0) is 5.66 Å². The molecule has 3 N–H and O–H groups in total. The molecule has 1 aliphatic heterocycles. The summed E-state index contributed by atoms with van der Waals surface area (Å²) in [6.45, 7) is 0. The van der Waals surface area contributed by atoms with Crippen molar-refractivity contribution in [2.75, 3.05) is 0 Å². The molecule has 88 valence electrons. The van der Waals surface area contributed by atoms with Gasteiger partial charge >= 0.3 is 0 Å². The number of nitrogens with one attached hydrogen (secondary N) is 1. The molecule has 1 heterocycles. The van der Waals surface area contributed by atoms with Gasteiger partial charge in [-0.3, -0.25) is 5.41 Å². The van der Waals surface area contributed by atoms with Crippen molar-refractivity contribution in [3.63, 3.8) is 0 Å². The van der Waals surface area contributed by atoms with E-state index < -0.39 is 5.66 Å². The van der Waals surface area contributed by atoms with Gasteiger partial charge in [0.05, 0.1) is 10.7 Å². The van der Waals surface area contributed by atoms with Crippen molar-refractivity contribution in [2.45, 2.75) is 5.66 Å². The molecule has 0 spiro atoms. The van der Waals surface area contributed by atoms with Gasteiger partial charge in [-0.1, -0.05) is 42.5 Å². The van der Waals surface area contributed by atoms with Crippen molar-refractivity contribution in [1.82, 2.24) is 0 Å².